The molecule has 0 unspecified atom stereocenters. The minimum atomic E-state index is -2.50. The van der Waals surface area contributed by atoms with Gasteiger partial charge in [-0.05, 0) is 6.92 Å². The average molecular weight is 440 g/mol. The lowest BCUT2D eigenvalue weighted by Crippen LogP contribution is -2.70. The van der Waals surface area contributed by atoms with Crippen molar-refractivity contribution in [2.45, 2.75) is 60.5 Å². The van der Waals surface area contributed by atoms with E-state index in [2.05, 4.69) is 0 Å². The molecule has 2 aliphatic heterocycles. The van der Waals surface area contributed by atoms with Gasteiger partial charge in [-0.15, -0.1) is 34.8 Å². The predicted molar refractivity (Wildman–Crippen MR) is 89.2 cm³/mol. The van der Waals surface area contributed by atoms with Crippen molar-refractivity contribution in [2.24, 2.45) is 0 Å². The van der Waals surface area contributed by atoms with E-state index in [9.17, 15) is 30.3 Å². The molecule has 9 nitrogen and oxygen atoms in total. The number of halogens is 3. The van der Waals surface area contributed by atoms with Crippen LogP contribution in [0, 0.1) is 0 Å². The first kappa shape index (κ1) is 22.5. The number of aliphatic hydroxyl groups is 5. The van der Waals surface area contributed by atoms with Crippen LogP contribution in [0.2, 0.25) is 0 Å². The molecule has 152 valence electrons. The van der Waals surface area contributed by atoms with Crippen LogP contribution < -0.4 is 0 Å². The number of ketones is 1. The molecule has 12 heteroatoms. The number of carbonyl (C=O) groups excluding carboxylic acids is 1. The first-order valence-corrected chi connectivity index (χ1v) is 9.25. The van der Waals surface area contributed by atoms with Crippen molar-refractivity contribution >= 4 is 40.6 Å². The zero-order valence-electron chi connectivity index (χ0n) is 13.7. The maximum absolute atomic E-state index is 11.9. The summed E-state index contributed by atoms with van der Waals surface area (Å²) in [5.74, 6) is -3.61. The fourth-order valence-electron chi connectivity index (χ4n) is 3.02. The topological polar surface area (TPSA) is 146 Å². The van der Waals surface area contributed by atoms with Crippen LogP contribution in [-0.2, 0) is 19.0 Å². The Labute approximate surface area is 164 Å². The van der Waals surface area contributed by atoms with Gasteiger partial charge >= 0.3 is 0 Å². The molecule has 26 heavy (non-hydrogen) atoms. The van der Waals surface area contributed by atoms with Crippen LogP contribution in [-0.4, -0.2) is 103 Å². The van der Waals surface area contributed by atoms with Gasteiger partial charge in [-0.1, -0.05) is 0 Å². The summed E-state index contributed by atoms with van der Waals surface area (Å²) in [4.78, 5) is 11.9. The summed E-state index contributed by atoms with van der Waals surface area (Å²) in [6.45, 7) is 0.307. The first-order chi connectivity index (χ1) is 12.1. The lowest BCUT2D eigenvalue weighted by atomic mass is 9.83. The van der Waals surface area contributed by atoms with Gasteiger partial charge in [0.25, 0.3) is 0 Å². The van der Waals surface area contributed by atoms with Crippen LogP contribution >= 0.6 is 34.8 Å². The SMILES string of the molecule is CC(=O)[C@@]1(O)[C@H](Cl)[C@@H](CO)O[C@H](O[C@]2(CCl)O[C@H](CCl)[C@@H](O)[C@@H]2O)[C@@H]1O. The van der Waals surface area contributed by atoms with E-state index in [1.165, 1.54) is 0 Å². The number of ether oxygens (including phenoxy) is 3. The highest BCUT2D eigenvalue weighted by Crippen LogP contribution is 2.40. The summed E-state index contributed by atoms with van der Waals surface area (Å²) in [6, 6.07) is 0. The molecule has 0 aromatic rings. The van der Waals surface area contributed by atoms with Gasteiger partial charge in [0.15, 0.2) is 17.7 Å². The number of aliphatic hydroxyl groups excluding tert-OH is 4. The second-order valence-electron chi connectivity index (χ2n) is 6.26. The monoisotopic (exact) mass is 438 g/mol. The van der Waals surface area contributed by atoms with Crippen molar-refractivity contribution < 1.29 is 44.5 Å². The Morgan fingerprint density at radius 3 is 2.23 bits per heavy atom. The molecule has 0 aromatic heterocycles. The minimum absolute atomic E-state index is 0.186. The fourth-order valence-corrected chi connectivity index (χ4v) is 3.97. The third-order valence-electron chi connectivity index (χ3n) is 4.67. The summed E-state index contributed by atoms with van der Waals surface area (Å²) in [5, 5.41) is 49.2. The zero-order chi connectivity index (χ0) is 19.9. The van der Waals surface area contributed by atoms with Gasteiger partial charge in [0.1, 0.15) is 35.9 Å². The largest absolute Gasteiger partial charge is 0.394 e. The summed E-state index contributed by atoms with van der Waals surface area (Å²) < 4.78 is 16.2. The van der Waals surface area contributed by atoms with Crippen molar-refractivity contribution in [2.75, 3.05) is 18.4 Å². The maximum Gasteiger partial charge on any atom is 0.214 e. The molecular formula is C14H21Cl3O9. The molecule has 0 radical (unpaired) electrons. The van der Waals surface area contributed by atoms with Crippen LogP contribution in [0.15, 0.2) is 0 Å². The van der Waals surface area contributed by atoms with Crippen LogP contribution in [0.3, 0.4) is 0 Å². The van der Waals surface area contributed by atoms with E-state index < -0.39 is 71.8 Å². The van der Waals surface area contributed by atoms with Crippen molar-refractivity contribution in [1.82, 2.24) is 0 Å². The zero-order valence-corrected chi connectivity index (χ0v) is 15.9. The van der Waals surface area contributed by atoms with Crippen LogP contribution in [0.25, 0.3) is 0 Å². The minimum Gasteiger partial charge on any atom is -0.394 e. The van der Waals surface area contributed by atoms with E-state index in [0.29, 0.717) is 0 Å². The van der Waals surface area contributed by atoms with E-state index >= 15 is 0 Å². The van der Waals surface area contributed by atoms with Crippen molar-refractivity contribution in [3.8, 4) is 0 Å². The smallest absolute Gasteiger partial charge is 0.214 e. The number of carbonyl (C=O) groups is 1. The van der Waals surface area contributed by atoms with E-state index in [-0.39, 0.29) is 5.88 Å². The highest BCUT2D eigenvalue weighted by molar-refractivity contribution is 6.24. The second kappa shape index (κ2) is 8.30. The van der Waals surface area contributed by atoms with Crippen molar-refractivity contribution in [3.05, 3.63) is 0 Å². The van der Waals surface area contributed by atoms with E-state index in [4.69, 9.17) is 49.0 Å². The Balaban J connectivity index is 2.33. The Morgan fingerprint density at radius 2 is 1.81 bits per heavy atom. The molecule has 0 bridgehead atoms. The lowest BCUT2D eigenvalue weighted by Gasteiger charge is -2.48. The van der Waals surface area contributed by atoms with Crippen LogP contribution in [0.1, 0.15) is 6.92 Å². The summed E-state index contributed by atoms with van der Waals surface area (Å²) in [5.41, 5.74) is -2.50. The van der Waals surface area contributed by atoms with Gasteiger partial charge in [0, 0.05) is 0 Å². The average Bonchev–Trinajstić information content (AvgIpc) is 2.87. The number of rotatable bonds is 6. The molecule has 2 fully saturated rings. The Kier molecular flexibility index (Phi) is 7.19. The molecule has 0 saturated carbocycles. The maximum atomic E-state index is 11.9. The van der Waals surface area contributed by atoms with Gasteiger partial charge in [-0.2, -0.15) is 0 Å². The molecule has 0 aromatic carbocycles. The van der Waals surface area contributed by atoms with Crippen molar-refractivity contribution in [1.29, 1.82) is 0 Å². The number of hydrogen-bond donors (Lipinski definition) is 5. The van der Waals surface area contributed by atoms with E-state index in [0.717, 1.165) is 6.92 Å². The number of hydrogen-bond acceptors (Lipinski definition) is 9. The van der Waals surface area contributed by atoms with Gasteiger partial charge in [-0.25, -0.2) is 0 Å². The molecule has 9 atom stereocenters. The summed E-state index contributed by atoms with van der Waals surface area (Å²) in [7, 11) is 0. The molecule has 0 spiro atoms. The number of Topliss-reactive ketones (excluding diaryl/α,β-unsaturated/α-hetero) is 1. The second-order valence-corrected chi connectivity index (χ2v) is 7.31. The predicted octanol–water partition coefficient (Wildman–Crippen LogP) is -1.70. The van der Waals surface area contributed by atoms with Crippen molar-refractivity contribution in [3.63, 3.8) is 0 Å². The van der Waals surface area contributed by atoms with Crippen LogP contribution in [0.5, 0.6) is 0 Å². The Bertz CT molecular complexity index is 526. The van der Waals surface area contributed by atoms with Gasteiger partial charge in [0.05, 0.1) is 18.4 Å². The first-order valence-electron chi connectivity index (χ1n) is 7.74. The molecule has 2 aliphatic rings. The summed E-state index contributed by atoms with van der Waals surface area (Å²) in [6.07, 6.45) is -9.15. The highest BCUT2D eigenvalue weighted by atomic mass is 35.5. The summed E-state index contributed by atoms with van der Waals surface area (Å²) >= 11 is 17.5. The third-order valence-corrected chi connectivity index (χ3v) is 5.96. The third kappa shape index (κ3) is 3.48. The Morgan fingerprint density at radius 1 is 1.19 bits per heavy atom. The normalized spacial score (nSPS) is 49.3. The molecule has 0 aliphatic carbocycles. The quantitative estimate of drug-likeness (QED) is 0.306. The molecular weight excluding hydrogens is 419 g/mol. The lowest BCUT2D eigenvalue weighted by molar-refractivity contribution is -0.365. The number of alkyl halides is 3. The Hall–Kier alpha value is 0.220. The van der Waals surface area contributed by atoms with Gasteiger partial charge in [-0.3, -0.25) is 4.79 Å². The molecule has 2 heterocycles. The molecule has 2 saturated heterocycles. The molecule has 5 N–H and O–H groups in total. The fraction of sp³-hybridized carbons (Fsp3) is 0.929. The van der Waals surface area contributed by atoms with E-state index in [1.807, 2.05) is 0 Å². The van der Waals surface area contributed by atoms with Crippen LogP contribution in [0.4, 0.5) is 0 Å². The van der Waals surface area contributed by atoms with E-state index in [1.54, 1.807) is 0 Å². The molecule has 2 rings (SSSR count). The van der Waals surface area contributed by atoms with Gasteiger partial charge in [0.2, 0.25) is 5.79 Å². The molecule has 0 amide bonds. The standard InChI is InChI=1S/C14H21Cl3O9/c1-5(19)14(23)9(17)7(3-18)24-12(11(14)22)26-13(4-16)10(21)8(20)6(2-15)25-13/h6-12,18,20-23H,2-4H2,1H3/t6-,7-,8-,9-,10+,11+,12-,13+,14-/m1/s1. The highest BCUT2D eigenvalue weighted by Gasteiger charge is 2.62. The van der Waals surface area contributed by atoms with Gasteiger partial charge < -0.3 is 39.7 Å².